The van der Waals surface area contributed by atoms with E-state index in [2.05, 4.69) is 15.2 Å². The number of morpholine rings is 1. The third-order valence-electron chi connectivity index (χ3n) is 7.67. The number of benzene rings is 1. The molecule has 5 rings (SSSR count). The molecule has 1 amide bonds. The second kappa shape index (κ2) is 12.1. The van der Waals surface area contributed by atoms with Crippen LogP contribution in [0, 0.1) is 17.7 Å². The second-order valence-electron chi connectivity index (χ2n) is 11.2. The third-order valence-corrected chi connectivity index (χ3v) is 9.14. The number of amides is 1. The first kappa shape index (κ1) is 30.2. The molecular weight excluding hydrogens is 571 g/mol. The van der Waals surface area contributed by atoms with E-state index >= 15 is 4.39 Å². The summed E-state index contributed by atoms with van der Waals surface area (Å²) in [6, 6.07) is 10.5. The van der Waals surface area contributed by atoms with Crippen molar-refractivity contribution in [2.45, 2.75) is 51.7 Å². The Morgan fingerprint density at radius 2 is 1.83 bits per heavy atom. The summed E-state index contributed by atoms with van der Waals surface area (Å²) in [5.74, 6) is -4.80. The van der Waals surface area contributed by atoms with E-state index in [1.165, 1.54) is 6.20 Å². The normalized spacial score (nSPS) is 23.8. The maximum Gasteiger partial charge on any atom is 0.350 e. The summed E-state index contributed by atoms with van der Waals surface area (Å²) in [7, 11) is -4.78. The molecule has 1 N–H and O–H groups in total. The number of halogens is 3. The Morgan fingerprint density at radius 3 is 2.55 bits per heavy atom. The van der Waals surface area contributed by atoms with Crippen molar-refractivity contribution in [2.24, 2.45) is 11.8 Å². The van der Waals surface area contributed by atoms with Crippen LogP contribution in [-0.2, 0) is 26.1 Å². The van der Waals surface area contributed by atoms with Crippen molar-refractivity contribution in [2.75, 3.05) is 31.1 Å². The highest BCUT2D eigenvalue weighted by atomic mass is 32.2. The Morgan fingerprint density at radius 1 is 1.10 bits per heavy atom. The van der Waals surface area contributed by atoms with Crippen LogP contribution >= 0.6 is 0 Å². The minimum absolute atomic E-state index is 0.0357. The molecule has 2 aliphatic heterocycles. The van der Waals surface area contributed by atoms with Crippen LogP contribution in [0.5, 0.6) is 0 Å². The highest BCUT2D eigenvalue weighted by Crippen LogP contribution is 2.30. The Hall–Kier alpha value is -3.29. The zero-order valence-electron chi connectivity index (χ0n) is 23.6. The van der Waals surface area contributed by atoms with E-state index in [-0.39, 0.29) is 37.8 Å². The van der Waals surface area contributed by atoms with Crippen molar-refractivity contribution in [1.29, 1.82) is 0 Å². The Labute approximate surface area is 243 Å². The molecule has 42 heavy (non-hydrogen) atoms. The molecule has 2 aromatic heterocycles. The summed E-state index contributed by atoms with van der Waals surface area (Å²) in [6.07, 6.45) is 1.98. The number of carbonyl (C=O) groups excluding carboxylic acids is 1. The zero-order valence-corrected chi connectivity index (χ0v) is 24.5. The minimum Gasteiger partial charge on any atom is -0.372 e. The van der Waals surface area contributed by atoms with Crippen molar-refractivity contribution in [3.8, 4) is 11.3 Å². The average Bonchev–Trinajstić information content (AvgIpc) is 2.95. The molecule has 3 aromatic rings. The van der Waals surface area contributed by atoms with Gasteiger partial charge in [-0.2, -0.15) is 13.1 Å². The van der Waals surface area contributed by atoms with Gasteiger partial charge in [-0.1, -0.05) is 19.1 Å². The maximum absolute atomic E-state index is 15.9. The first-order valence-electron chi connectivity index (χ1n) is 13.9. The van der Waals surface area contributed by atoms with Crippen molar-refractivity contribution < 1.29 is 31.1 Å². The van der Waals surface area contributed by atoms with Crippen LogP contribution in [0.15, 0.2) is 42.6 Å². The van der Waals surface area contributed by atoms with Gasteiger partial charge in [0.15, 0.2) is 0 Å². The Kier molecular flexibility index (Phi) is 8.72. The van der Waals surface area contributed by atoms with E-state index in [0.29, 0.717) is 51.5 Å². The smallest absolute Gasteiger partial charge is 0.350 e. The average molecular weight is 606 g/mol. The Balaban J connectivity index is 1.32. The van der Waals surface area contributed by atoms with E-state index < -0.39 is 33.4 Å². The molecule has 4 atom stereocenters. The summed E-state index contributed by atoms with van der Waals surface area (Å²) < 4.78 is 72.5. The summed E-state index contributed by atoms with van der Waals surface area (Å²) in [4.78, 5) is 24.1. The van der Waals surface area contributed by atoms with Crippen LogP contribution in [0.25, 0.3) is 22.0 Å². The fourth-order valence-electron chi connectivity index (χ4n) is 5.77. The predicted octanol–water partition coefficient (Wildman–Crippen LogP) is 4.18. The number of aromatic nitrogens is 2. The molecule has 2 aliphatic rings. The number of hydrogen-bond acceptors (Lipinski definition) is 7. The Bertz CT molecular complexity index is 1560. The van der Waals surface area contributed by atoms with Gasteiger partial charge in [-0.3, -0.25) is 9.78 Å². The van der Waals surface area contributed by atoms with Crippen molar-refractivity contribution in [3.05, 3.63) is 54.1 Å². The number of pyridine rings is 2. The lowest BCUT2D eigenvalue weighted by Gasteiger charge is -2.36. The van der Waals surface area contributed by atoms with Crippen LogP contribution in [-0.4, -0.2) is 72.7 Å². The van der Waals surface area contributed by atoms with Gasteiger partial charge >= 0.3 is 5.76 Å². The number of anilines is 1. The van der Waals surface area contributed by atoms with Crippen molar-refractivity contribution in [1.82, 2.24) is 19.6 Å². The standard InChI is InChI=1S/C29H34F3N5O4S/c1-17-9-21(16-37(13-17)42(39,40)29(31)32)28(38)34-12-22-10-24-20(11-33-22)7-8-23(27(24)30)25-5-4-6-26(35-25)36-14-18(2)41-19(3)15-36/h4-8,10-11,17-19,21,29H,9,12-16H2,1-3H3,(H,34,38)/t17-,18-,19+,21-/m1/s1. The molecule has 226 valence electrons. The number of carbonyl (C=O) groups is 1. The van der Waals surface area contributed by atoms with Gasteiger partial charge in [0.25, 0.3) is 10.0 Å². The first-order chi connectivity index (χ1) is 19.9. The van der Waals surface area contributed by atoms with E-state index in [4.69, 9.17) is 9.72 Å². The van der Waals surface area contributed by atoms with Crippen LogP contribution < -0.4 is 10.2 Å². The summed E-state index contributed by atoms with van der Waals surface area (Å²) in [6.45, 7) is 6.67. The van der Waals surface area contributed by atoms with Gasteiger partial charge < -0.3 is 15.0 Å². The number of hydrogen-bond donors (Lipinski definition) is 1. The first-order valence-corrected chi connectivity index (χ1v) is 15.4. The number of nitrogens with one attached hydrogen (secondary N) is 1. The number of alkyl halides is 2. The molecule has 4 heterocycles. The van der Waals surface area contributed by atoms with Crippen LogP contribution in [0.2, 0.25) is 0 Å². The lowest BCUT2D eigenvalue weighted by Crippen LogP contribution is -2.49. The molecule has 0 aliphatic carbocycles. The molecule has 2 fully saturated rings. The molecule has 0 spiro atoms. The van der Waals surface area contributed by atoms with Gasteiger partial charge in [0.1, 0.15) is 11.6 Å². The lowest BCUT2D eigenvalue weighted by molar-refractivity contribution is -0.126. The monoisotopic (exact) mass is 605 g/mol. The highest BCUT2D eigenvalue weighted by Gasteiger charge is 2.39. The molecule has 0 radical (unpaired) electrons. The van der Waals surface area contributed by atoms with Gasteiger partial charge in [-0.05, 0) is 50.5 Å². The van der Waals surface area contributed by atoms with Gasteiger partial charge in [0, 0.05) is 48.7 Å². The predicted molar refractivity (Wildman–Crippen MR) is 153 cm³/mol. The number of rotatable bonds is 7. The van der Waals surface area contributed by atoms with Gasteiger partial charge in [0.2, 0.25) is 5.91 Å². The molecule has 0 bridgehead atoms. The minimum atomic E-state index is -4.78. The van der Waals surface area contributed by atoms with Crippen molar-refractivity contribution >= 4 is 32.5 Å². The van der Waals surface area contributed by atoms with Gasteiger partial charge in [-0.15, -0.1) is 0 Å². The molecule has 1 aromatic carbocycles. The SMILES string of the molecule is C[C@@H]1C[C@@H](C(=O)NCc2cc3c(F)c(-c4cccc(N5C[C@@H](C)O[C@@H](C)C5)n4)ccc3cn2)CN(S(=O)(=O)C(F)F)C1. The van der Waals surface area contributed by atoms with E-state index in [1.54, 1.807) is 31.2 Å². The summed E-state index contributed by atoms with van der Waals surface area (Å²) >= 11 is 0. The number of sulfonamides is 1. The molecule has 0 unspecified atom stereocenters. The topological polar surface area (TPSA) is 105 Å². The molecule has 13 heteroatoms. The fourth-order valence-corrected chi connectivity index (χ4v) is 6.84. The fraction of sp³-hybridized carbons (Fsp3) is 0.483. The number of piperidine rings is 1. The molecule has 9 nitrogen and oxygen atoms in total. The number of fused-ring (bicyclic) bond motifs is 1. The summed E-state index contributed by atoms with van der Waals surface area (Å²) in [5, 5.41) is 3.60. The van der Waals surface area contributed by atoms with Crippen LogP contribution in [0.1, 0.15) is 32.9 Å². The largest absolute Gasteiger partial charge is 0.372 e. The van der Waals surface area contributed by atoms with E-state index in [9.17, 15) is 22.0 Å². The zero-order chi connectivity index (χ0) is 30.2. The quantitative estimate of drug-likeness (QED) is 0.431. The highest BCUT2D eigenvalue weighted by molar-refractivity contribution is 7.89. The van der Waals surface area contributed by atoms with Crippen molar-refractivity contribution in [3.63, 3.8) is 0 Å². The van der Waals surface area contributed by atoms with Gasteiger partial charge in [0.05, 0.1) is 36.1 Å². The molecule has 0 saturated carbocycles. The number of nitrogens with zero attached hydrogens (tertiary/aromatic N) is 4. The lowest BCUT2D eigenvalue weighted by atomic mass is 9.91. The second-order valence-corrected chi connectivity index (χ2v) is 13.1. The molecule has 2 saturated heterocycles. The number of ether oxygens (including phenoxy) is 1. The van der Waals surface area contributed by atoms with Crippen LogP contribution in [0.4, 0.5) is 19.0 Å². The van der Waals surface area contributed by atoms with E-state index in [1.807, 2.05) is 26.0 Å². The van der Waals surface area contributed by atoms with Gasteiger partial charge in [-0.25, -0.2) is 17.8 Å². The van der Waals surface area contributed by atoms with Crippen LogP contribution in [0.3, 0.4) is 0 Å². The van der Waals surface area contributed by atoms with E-state index in [0.717, 1.165) is 5.82 Å². The molecular formula is C29H34F3N5O4S. The summed E-state index contributed by atoms with van der Waals surface area (Å²) in [5.41, 5.74) is 1.21. The third kappa shape index (κ3) is 6.37. The maximum atomic E-state index is 15.9.